The van der Waals surface area contributed by atoms with Crippen molar-refractivity contribution in [1.29, 1.82) is 0 Å². The lowest BCUT2D eigenvalue weighted by molar-refractivity contribution is 0.0696. The summed E-state index contributed by atoms with van der Waals surface area (Å²) in [7, 11) is 0. The summed E-state index contributed by atoms with van der Waals surface area (Å²) in [5.74, 6) is -0.117. The predicted octanol–water partition coefficient (Wildman–Crippen LogP) is 4.92. The molecule has 170 valence electrons. The monoisotopic (exact) mass is 464 g/mol. The first kappa shape index (κ1) is 23.7. The van der Waals surface area contributed by atoms with Crippen LogP contribution in [0.15, 0.2) is 71.7 Å². The molecule has 0 saturated heterocycles. The van der Waals surface area contributed by atoms with E-state index in [1.165, 1.54) is 11.3 Å². The number of hydrogen-bond donors (Lipinski definition) is 2. The molecule has 0 fully saturated rings. The summed E-state index contributed by atoms with van der Waals surface area (Å²) >= 11 is 1.34. The largest absolute Gasteiger partial charge is 0.490 e. The van der Waals surface area contributed by atoms with Gasteiger partial charge < -0.3 is 14.6 Å². The summed E-state index contributed by atoms with van der Waals surface area (Å²) in [4.78, 5) is 23.7. The van der Waals surface area contributed by atoms with Crippen LogP contribution in [-0.2, 0) is 13.0 Å². The Morgan fingerprint density at radius 3 is 2.61 bits per heavy atom. The van der Waals surface area contributed by atoms with E-state index in [0.29, 0.717) is 29.4 Å². The first-order chi connectivity index (χ1) is 16.0. The molecule has 0 bridgehead atoms. The molecular weight excluding hydrogens is 440 g/mol. The quantitative estimate of drug-likeness (QED) is 0.239. The van der Waals surface area contributed by atoms with E-state index in [1.54, 1.807) is 54.8 Å². The van der Waals surface area contributed by atoms with Gasteiger partial charge in [0.25, 0.3) is 5.91 Å². The standard InChI is InChI=1S/C25H24N2O5S/c1-3-6-20-13-18(15-26-27-24(28)22-7-5-12-33-22)14-21(31-4-2)23(20)32-16-17-8-10-19(11-9-17)25(29)30/h3,5,7-15H,1,4,6,16H2,2H3,(H,27,28)(H,29,30)/b26-15+. The molecule has 1 amide bonds. The minimum absolute atomic E-state index is 0.218. The molecule has 0 saturated carbocycles. The molecule has 0 atom stereocenters. The third kappa shape index (κ3) is 6.54. The lowest BCUT2D eigenvalue weighted by Gasteiger charge is -2.17. The molecule has 0 aliphatic rings. The highest BCUT2D eigenvalue weighted by Crippen LogP contribution is 2.34. The van der Waals surface area contributed by atoms with Crippen LogP contribution in [0.1, 0.15) is 43.6 Å². The molecule has 0 unspecified atom stereocenters. The lowest BCUT2D eigenvalue weighted by atomic mass is 10.1. The van der Waals surface area contributed by atoms with Gasteiger partial charge in [-0.15, -0.1) is 17.9 Å². The van der Waals surface area contributed by atoms with Crippen molar-refractivity contribution >= 4 is 29.4 Å². The number of ether oxygens (including phenoxy) is 2. The Hall–Kier alpha value is -3.91. The number of nitrogens with zero attached hydrogens (tertiary/aromatic N) is 1. The number of rotatable bonds is 11. The Kier molecular flexibility index (Phi) is 8.37. The molecular formula is C25H24N2O5S. The van der Waals surface area contributed by atoms with Gasteiger partial charge in [-0.25, -0.2) is 10.2 Å². The molecule has 2 N–H and O–H groups in total. The highest BCUT2D eigenvalue weighted by Gasteiger charge is 2.14. The van der Waals surface area contributed by atoms with E-state index in [2.05, 4.69) is 17.1 Å². The average molecular weight is 465 g/mol. The number of carbonyl (C=O) groups excluding carboxylic acids is 1. The summed E-state index contributed by atoms with van der Waals surface area (Å²) in [6, 6.07) is 13.7. The van der Waals surface area contributed by atoms with E-state index in [4.69, 9.17) is 14.6 Å². The maximum atomic E-state index is 12.1. The maximum Gasteiger partial charge on any atom is 0.335 e. The fourth-order valence-electron chi connectivity index (χ4n) is 3.02. The van der Waals surface area contributed by atoms with Gasteiger partial charge in [-0.05, 0) is 60.2 Å². The van der Waals surface area contributed by atoms with Crippen LogP contribution in [0, 0.1) is 0 Å². The first-order valence-electron chi connectivity index (χ1n) is 10.2. The van der Waals surface area contributed by atoms with E-state index in [1.807, 2.05) is 18.4 Å². The van der Waals surface area contributed by atoms with Gasteiger partial charge in [0.1, 0.15) is 6.61 Å². The van der Waals surface area contributed by atoms with Crippen LogP contribution in [0.2, 0.25) is 0 Å². The SMILES string of the molecule is C=CCc1cc(/C=N/NC(=O)c2cccs2)cc(OCC)c1OCc1ccc(C(=O)O)cc1. The van der Waals surface area contributed by atoms with Crippen molar-refractivity contribution in [2.75, 3.05) is 6.61 Å². The van der Waals surface area contributed by atoms with E-state index in [9.17, 15) is 9.59 Å². The van der Waals surface area contributed by atoms with Crippen molar-refractivity contribution in [3.63, 3.8) is 0 Å². The zero-order chi connectivity index (χ0) is 23.6. The van der Waals surface area contributed by atoms with Crippen molar-refractivity contribution in [2.24, 2.45) is 5.10 Å². The van der Waals surface area contributed by atoms with Crippen LogP contribution in [-0.4, -0.2) is 29.8 Å². The second-order valence-corrected chi connectivity index (χ2v) is 7.85. The van der Waals surface area contributed by atoms with Gasteiger partial charge in [0.15, 0.2) is 11.5 Å². The molecule has 0 aliphatic carbocycles. The number of hydrogen-bond acceptors (Lipinski definition) is 6. The van der Waals surface area contributed by atoms with Crippen LogP contribution < -0.4 is 14.9 Å². The second-order valence-electron chi connectivity index (χ2n) is 6.90. The third-order valence-corrected chi connectivity index (χ3v) is 5.40. The maximum absolute atomic E-state index is 12.1. The number of nitrogens with one attached hydrogen (secondary N) is 1. The third-order valence-electron chi connectivity index (χ3n) is 4.53. The lowest BCUT2D eigenvalue weighted by Crippen LogP contribution is -2.16. The van der Waals surface area contributed by atoms with Crippen molar-refractivity contribution in [2.45, 2.75) is 20.0 Å². The minimum atomic E-state index is -0.974. The molecule has 7 nitrogen and oxygen atoms in total. The molecule has 1 aromatic heterocycles. The van der Waals surface area contributed by atoms with E-state index in [0.717, 1.165) is 16.7 Å². The number of amides is 1. The number of aromatic carboxylic acids is 1. The number of benzene rings is 2. The molecule has 1 heterocycles. The fourth-order valence-corrected chi connectivity index (χ4v) is 3.63. The molecule has 3 rings (SSSR count). The summed E-state index contributed by atoms with van der Waals surface area (Å²) in [6.07, 6.45) is 3.85. The van der Waals surface area contributed by atoms with Gasteiger partial charge in [0, 0.05) is 5.56 Å². The zero-order valence-corrected chi connectivity index (χ0v) is 18.9. The Morgan fingerprint density at radius 1 is 1.18 bits per heavy atom. The molecule has 0 spiro atoms. The first-order valence-corrected chi connectivity index (χ1v) is 11.1. The van der Waals surface area contributed by atoms with E-state index >= 15 is 0 Å². The van der Waals surface area contributed by atoms with E-state index in [-0.39, 0.29) is 18.1 Å². The van der Waals surface area contributed by atoms with Gasteiger partial charge in [-0.1, -0.05) is 24.3 Å². The number of thiophene rings is 1. The Bertz CT molecular complexity index is 1140. The Balaban J connectivity index is 1.80. The van der Waals surface area contributed by atoms with Gasteiger partial charge in [-0.2, -0.15) is 5.10 Å². The predicted molar refractivity (Wildman–Crippen MR) is 129 cm³/mol. The average Bonchev–Trinajstić information content (AvgIpc) is 3.34. The van der Waals surface area contributed by atoms with Gasteiger partial charge >= 0.3 is 5.97 Å². The fraction of sp³-hybridized carbons (Fsp3) is 0.160. The summed E-state index contributed by atoms with van der Waals surface area (Å²) in [6.45, 7) is 6.38. The van der Waals surface area contributed by atoms with Crippen LogP contribution in [0.25, 0.3) is 0 Å². The van der Waals surface area contributed by atoms with Crippen LogP contribution in [0.4, 0.5) is 0 Å². The Morgan fingerprint density at radius 2 is 1.97 bits per heavy atom. The summed E-state index contributed by atoms with van der Waals surface area (Å²) in [5, 5.41) is 14.9. The number of carbonyl (C=O) groups is 2. The summed E-state index contributed by atoms with van der Waals surface area (Å²) < 4.78 is 11.9. The highest BCUT2D eigenvalue weighted by atomic mass is 32.1. The van der Waals surface area contributed by atoms with Gasteiger partial charge in [0.05, 0.1) is 23.3 Å². The molecule has 8 heteroatoms. The number of hydrazone groups is 1. The normalized spacial score (nSPS) is 10.7. The zero-order valence-electron chi connectivity index (χ0n) is 18.1. The molecule has 3 aromatic rings. The van der Waals surface area contributed by atoms with Crippen LogP contribution in [0.3, 0.4) is 0 Å². The van der Waals surface area contributed by atoms with Gasteiger partial charge in [0.2, 0.25) is 0 Å². The molecule has 33 heavy (non-hydrogen) atoms. The van der Waals surface area contributed by atoms with Crippen molar-refractivity contribution in [3.05, 3.63) is 93.7 Å². The van der Waals surface area contributed by atoms with Crippen molar-refractivity contribution in [1.82, 2.24) is 5.43 Å². The van der Waals surface area contributed by atoms with Crippen molar-refractivity contribution in [3.8, 4) is 11.5 Å². The van der Waals surface area contributed by atoms with Crippen molar-refractivity contribution < 1.29 is 24.2 Å². The van der Waals surface area contributed by atoms with Gasteiger partial charge in [-0.3, -0.25) is 4.79 Å². The Labute approximate surface area is 196 Å². The number of allylic oxidation sites excluding steroid dienone is 1. The van der Waals surface area contributed by atoms with E-state index < -0.39 is 5.97 Å². The van der Waals surface area contributed by atoms with Crippen LogP contribution in [0.5, 0.6) is 11.5 Å². The number of carboxylic acid groups (broad SMARTS) is 1. The topological polar surface area (TPSA) is 97.2 Å². The molecule has 0 radical (unpaired) electrons. The minimum Gasteiger partial charge on any atom is -0.490 e. The van der Waals surface area contributed by atoms with Crippen LogP contribution >= 0.6 is 11.3 Å². The summed E-state index contributed by atoms with van der Waals surface area (Å²) in [5.41, 5.74) is 5.15. The molecule has 0 aliphatic heterocycles. The highest BCUT2D eigenvalue weighted by molar-refractivity contribution is 7.12. The second kappa shape index (κ2) is 11.6. The molecule has 2 aromatic carbocycles. The smallest absolute Gasteiger partial charge is 0.335 e. The number of carboxylic acids is 1.